The smallest absolute Gasteiger partial charge is 0.115 e. The van der Waals surface area contributed by atoms with Crippen molar-refractivity contribution in [2.45, 2.75) is 50.7 Å². The average Bonchev–Trinajstić information content (AvgIpc) is 2.40. The lowest BCUT2D eigenvalue weighted by molar-refractivity contribution is -0.0832. The first-order valence-electron chi connectivity index (χ1n) is 6.43. The highest BCUT2D eigenvalue weighted by molar-refractivity contribution is 5.15. The first-order valence-corrected chi connectivity index (χ1v) is 6.43. The third-order valence-corrected chi connectivity index (χ3v) is 3.64. The summed E-state index contributed by atoms with van der Waals surface area (Å²) >= 11 is 0. The molecule has 1 atom stereocenters. The molecule has 1 saturated carbocycles. The first kappa shape index (κ1) is 12.5. The Kier molecular flexibility index (Phi) is 4.07. The minimum Gasteiger partial charge on any atom is -0.373 e. The molecule has 1 aromatic heterocycles. The fourth-order valence-electron chi connectivity index (χ4n) is 2.76. The van der Waals surface area contributed by atoms with Crippen molar-refractivity contribution in [1.82, 2.24) is 9.97 Å². The molecule has 2 rings (SSSR count). The van der Waals surface area contributed by atoms with Crippen LogP contribution in [-0.4, -0.2) is 22.2 Å². The Morgan fingerprint density at radius 3 is 2.53 bits per heavy atom. The Bertz CT molecular complexity index is 330. The van der Waals surface area contributed by atoms with E-state index in [9.17, 15) is 0 Å². The number of rotatable bonds is 4. The van der Waals surface area contributed by atoms with Crippen molar-refractivity contribution in [1.29, 1.82) is 0 Å². The summed E-state index contributed by atoms with van der Waals surface area (Å²) in [6.07, 6.45) is 10.9. The van der Waals surface area contributed by atoms with Crippen LogP contribution in [0.2, 0.25) is 0 Å². The molecule has 0 aromatic carbocycles. The molecule has 1 aliphatic rings. The largest absolute Gasteiger partial charge is 0.373 e. The lowest BCUT2D eigenvalue weighted by Gasteiger charge is -2.41. The number of hydrogen-bond acceptors (Lipinski definition) is 4. The number of nitrogens with zero attached hydrogens (tertiary/aromatic N) is 2. The number of hydrogen-bond donors (Lipinski definition) is 1. The van der Waals surface area contributed by atoms with Gasteiger partial charge < -0.3 is 10.5 Å². The van der Waals surface area contributed by atoms with Crippen LogP contribution >= 0.6 is 0 Å². The maximum atomic E-state index is 6.39. The van der Waals surface area contributed by atoms with Crippen LogP contribution in [0.25, 0.3) is 0 Å². The molecule has 0 amide bonds. The van der Waals surface area contributed by atoms with Crippen LogP contribution < -0.4 is 5.73 Å². The number of nitrogens with two attached hydrogens (primary N) is 1. The van der Waals surface area contributed by atoms with E-state index in [1.807, 2.05) is 6.92 Å². The number of ether oxygens (including phenoxy) is 1. The fraction of sp³-hybridized carbons (Fsp3) is 0.692. The first-order chi connectivity index (χ1) is 8.28. The van der Waals surface area contributed by atoms with Crippen molar-refractivity contribution >= 4 is 0 Å². The maximum absolute atomic E-state index is 6.39. The van der Waals surface area contributed by atoms with Gasteiger partial charge in [-0.3, -0.25) is 0 Å². The van der Waals surface area contributed by atoms with Gasteiger partial charge in [-0.2, -0.15) is 0 Å². The van der Waals surface area contributed by atoms with E-state index >= 15 is 0 Å². The van der Waals surface area contributed by atoms with Gasteiger partial charge in [0.1, 0.15) is 6.33 Å². The van der Waals surface area contributed by atoms with Crippen LogP contribution in [0.4, 0.5) is 0 Å². The van der Waals surface area contributed by atoms with Gasteiger partial charge in [0.05, 0.1) is 11.6 Å². The molecule has 1 unspecified atom stereocenters. The quantitative estimate of drug-likeness (QED) is 0.869. The summed E-state index contributed by atoms with van der Waals surface area (Å²) in [5.41, 5.74) is 7.15. The van der Waals surface area contributed by atoms with Gasteiger partial charge in [0.15, 0.2) is 0 Å². The molecule has 0 saturated heterocycles. The molecule has 1 aromatic rings. The van der Waals surface area contributed by atoms with Crippen LogP contribution in [-0.2, 0) is 4.74 Å². The predicted molar refractivity (Wildman–Crippen MR) is 66.4 cm³/mol. The molecule has 4 nitrogen and oxygen atoms in total. The van der Waals surface area contributed by atoms with Crippen molar-refractivity contribution in [3.05, 3.63) is 24.3 Å². The van der Waals surface area contributed by atoms with Gasteiger partial charge in [-0.25, -0.2) is 9.97 Å². The second-order valence-electron chi connectivity index (χ2n) is 4.71. The van der Waals surface area contributed by atoms with Crippen LogP contribution in [0, 0.1) is 0 Å². The lowest BCUT2D eigenvalue weighted by Crippen LogP contribution is -2.45. The van der Waals surface area contributed by atoms with Crippen molar-refractivity contribution in [3.63, 3.8) is 0 Å². The van der Waals surface area contributed by atoms with Gasteiger partial charge in [0, 0.05) is 24.6 Å². The van der Waals surface area contributed by atoms with Crippen molar-refractivity contribution in [2.24, 2.45) is 5.73 Å². The van der Waals surface area contributed by atoms with Crippen molar-refractivity contribution < 1.29 is 4.74 Å². The summed E-state index contributed by atoms with van der Waals surface area (Å²) in [6, 6.07) is -0.121. The highest BCUT2D eigenvalue weighted by Gasteiger charge is 2.39. The molecule has 2 N–H and O–H groups in total. The Labute approximate surface area is 103 Å². The molecule has 4 heteroatoms. The van der Waals surface area contributed by atoms with E-state index in [4.69, 9.17) is 10.5 Å². The molecule has 1 aliphatic carbocycles. The van der Waals surface area contributed by atoms with Gasteiger partial charge >= 0.3 is 0 Å². The zero-order valence-corrected chi connectivity index (χ0v) is 10.4. The van der Waals surface area contributed by atoms with E-state index in [0.29, 0.717) is 6.61 Å². The van der Waals surface area contributed by atoms with Crippen molar-refractivity contribution in [3.8, 4) is 0 Å². The number of aromatic nitrogens is 2. The molecular weight excluding hydrogens is 214 g/mol. The van der Waals surface area contributed by atoms with E-state index in [2.05, 4.69) is 9.97 Å². The summed E-state index contributed by atoms with van der Waals surface area (Å²) in [5.74, 6) is 0. The van der Waals surface area contributed by atoms with E-state index in [0.717, 1.165) is 18.4 Å². The van der Waals surface area contributed by atoms with Gasteiger partial charge in [-0.05, 0) is 19.8 Å². The molecule has 0 radical (unpaired) electrons. The summed E-state index contributed by atoms with van der Waals surface area (Å²) in [7, 11) is 0. The highest BCUT2D eigenvalue weighted by Crippen LogP contribution is 2.39. The molecule has 0 aliphatic heterocycles. The van der Waals surface area contributed by atoms with E-state index in [-0.39, 0.29) is 11.6 Å². The molecule has 0 spiro atoms. The van der Waals surface area contributed by atoms with E-state index in [1.54, 1.807) is 12.4 Å². The molecule has 1 heterocycles. The van der Waals surface area contributed by atoms with Crippen LogP contribution in [0.5, 0.6) is 0 Å². The Morgan fingerprint density at radius 2 is 1.94 bits per heavy atom. The zero-order valence-electron chi connectivity index (χ0n) is 10.4. The van der Waals surface area contributed by atoms with E-state index < -0.39 is 0 Å². The summed E-state index contributed by atoms with van der Waals surface area (Å²) in [6.45, 7) is 2.74. The second-order valence-corrected chi connectivity index (χ2v) is 4.71. The average molecular weight is 235 g/mol. The van der Waals surface area contributed by atoms with Gasteiger partial charge in [-0.1, -0.05) is 19.3 Å². The SMILES string of the molecule is CCOC1(C(N)c2cncnc2)CCCCC1. The van der Waals surface area contributed by atoms with Gasteiger partial charge in [-0.15, -0.1) is 0 Å². The highest BCUT2D eigenvalue weighted by atomic mass is 16.5. The summed E-state index contributed by atoms with van der Waals surface area (Å²) in [4.78, 5) is 8.09. The Hall–Kier alpha value is -1.00. The minimum absolute atomic E-state index is 0.121. The van der Waals surface area contributed by atoms with Crippen molar-refractivity contribution in [2.75, 3.05) is 6.61 Å². The second kappa shape index (κ2) is 5.56. The van der Waals surface area contributed by atoms with Crippen LogP contribution in [0.3, 0.4) is 0 Å². The predicted octanol–water partition coefficient (Wildman–Crippen LogP) is 2.22. The summed E-state index contributed by atoms with van der Waals surface area (Å²) < 4.78 is 6.01. The minimum atomic E-state index is -0.211. The molecule has 0 bridgehead atoms. The maximum Gasteiger partial charge on any atom is 0.115 e. The van der Waals surface area contributed by atoms with Crippen LogP contribution in [0.15, 0.2) is 18.7 Å². The zero-order chi connectivity index (χ0) is 12.1. The van der Waals surface area contributed by atoms with Gasteiger partial charge in [0.2, 0.25) is 0 Å². The Balaban J connectivity index is 2.20. The van der Waals surface area contributed by atoms with Gasteiger partial charge in [0.25, 0.3) is 0 Å². The topological polar surface area (TPSA) is 61.0 Å². The Morgan fingerprint density at radius 1 is 1.29 bits per heavy atom. The fourth-order valence-corrected chi connectivity index (χ4v) is 2.76. The summed E-state index contributed by atoms with van der Waals surface area (Å²) in [5, 5.41) is 0. The third-order valence-electron chi connectivity index (χ3n) is 3.64. The molecule has 1 fully saturated rings. The molecule has 17 heavy (non-hydrogen) atoms. The third kappa shape index (κ3) is 2.64. The van der Waals surface area contributed by atoms with Crippen LogP contribution in [0.1, 0.15) is 50.6 Å². The monoisotopic (exact) mass is 235 g/mol. The molecular formula is C13H21N3O. The lowest BCUT2D eigenvalue weighted by atomic mass is 9.77. The molecule has 94 valence electrons. The van der Waals surface area contributed by atoms with E-state index in [1.165, 1.54) is 25.6 Å². The standard InChI is InChI=1S/C13H21N3O/c1-2-17-13(6-4-3-5-7-13)12(14)11-8-15-10-16-9-11/h8-10,12H,2-7,14H2,1H3. The normalized spacial score (nSPS) is 21.1.